The smallest absolute Gasteiger partial charge is 0.258 e. The van der Waals surface area contributed by atoms with Crippen LogP contribution in [-0.4, -0.2) is 48.0 Å². The fourth-order valence-electron chi connectivity index (χ4n) is 3.45. The van der Waals surface area contributed by atoms with Gasteiger partial charge in [0.05, 0.1) is 27.0 Å². The molecule has 0 aliphatic carbocycles. The predicted octanol–water partition coefficient (Wildman–Crippen LogP) is 5.08. The second-order valence-corrected chi connectivity index (χ2v) is 9.29. The molecule has 2 N–H and O–H groups in total. The van der Waals surface area contributed by atoms with Crippen molar-refractivity contribution in [3.05, 3.63) is 57.0 Å². The van der Waals surface area contributed by atoms with Crippen LogP contribution in [0.4, 0.5) is 11.4 Å². The highest BCUT2D eigenvalue weighted by Gasteiger charge is 2.25. The van der Waals surface area contributed by atoms with Crippen LogP contribution in [0.2, 0.25) is 15.1 Å². The largest absolute Gasteiger partial charge is 0.365 e. The molecule has 1 fully saturated rings. The highest BCUT2D eigenvalue weighted by molar-refractivity contribution is 7.80. The van der Waals surface area contributed by atoms with Gasteiger partial charge in [-0.1, -0.05) is 54.7 Å². The van der Waals surface area contributed by atoms with Crippen LogP contribution >= 0.6 is 47.0 Å². The molecule has 2 amide bonds. The molecule has 32 heavy (non-hydrogen) atoms. The van der Waals surface area contributed by atoms with E-state index in [4.69, 9.17) is 47.0 Å². The first kappa shape index (κ1) is 24.6. The lowest BCUT2D eigenvalue weighted by molar-refractivity contribution is -0.134. The molecule has 0 radical (unpaired) electrons. The van der Waals surface area contributed by atoms with Crippen LogP contribution in [-0.2, 0) is 4.79 Å². The monoisotopic (exact) mass is 512 g/mol. The summed E-state index contributed by atoms with van der Waals surface area (Å²) in [5.41, 5.74) is 1.65. The van der Waals surface area contributed by atoms with Crippen molar-refractivity contribution in [3.8, 4) is 0 Å². The number of nitrogens with zero attached hydrogens (tertiary/aromatic N) is 2. The van der Waals surface area contributed by atoms with Crippen LogP contribution in [0.5, 0.6) is 0 Å². The summed E-state index contributed by atoms with van der Waals surface area (Å²) in [6.45, 7) is 6.28. The molecule has 1 aliphatic heterocycles. The Morgan fingerprint density at radius 3 is 2.34 bits per heavy atom. The summed E-state index contributed by atoms with van der Waals surface area (Å²) < 4.78 is 0. The molecule has 0 aromatic heterocycles. The molecule has 0 atom stereocenters. The first-order valence-electron chi connectivity index (χ1n) is 10.1. The number of rotatable bonds is 4. The molecule has 0 unspecified atom stereocenters. The third-order valence-electron chi connectivity index (χ3n) is 5.04. The lowest BCUT2D eigenvalue weighted by Crippen LogP contribution is -2.50. The van der Waals surface area contributed by atoms with Gasteiger partial charge in [-0.25, -0.2) is 0 Å². The van der Waals surface area contributed by atoms with Gasteiger partial charge in [0.15, 0.2) is 5.11 Å². The van der Waals surface area contributed by atoms with Gasteiger partial charge in [-0.05, 0) is 42.5 Å². The number of benzene rings is 2. The molecule has 0 bridgehead atoms. The van der Waals surface area contributed by atoms with Gasteiger partial charge in [0.25, 0.3) is 5.91 Å². The minimum atomic E-state index is -0.473. The van der Waals surface area contributed by atoms with Crippen LogP contribution in [0.25, 0.3) is 0 Å². The maximum Gasteiger partial charge on any atom is 0.258 e. The second kappa shape index (κ2) is 10.7. The molecule has 2 aromatic rings. The van der Waals surface area contributed by atoms with Crippen molar-refractivity contribution in [2.24, 2.45) is 5.92 Å². The number of halogens is 3. The van der Waals surface area contributed by atoms with Crippen LogP contribution in [0.3, 0.4) is 0 Å². The Labute approximate surface area is 207 Å². The molecule has 1 heterocycles. The van der Waals surface area contributed by atoms with E-state index in [0.29, 0.717) is 41.9 Å². The number of nitrogens with one attached hydrogen (secondary N) is 2. The van der Waals surface area contributed by atoms with Gasteiger partial charge in [0, 0.05) is 37.1 Å². The van der Waals surface area contributed by atoms with Crippen LogP contribution in [0, 0.1) is 5.92 Å². The van der Waals surface area contributed by atoms with Crippen molar-refractivity contribution in [1.29, 1.82) is 0 Å². The number of carbonyl (C=O) groups is 2. The Balaban J connectivity index is 1.71. The fraction of sp³-hybridized carbons (Fsp3) is 0.318. The van der Waals surface area contributed by atoms with Gasteiger partial charge in [-0.15, -0.1) is 0 Å². The van der Waals surface area contributed by atoms with E-state index in [1.54, 1.807) is 24.3 Å². The first-order chi connectivity index (χ1) is 15.2. The maximum atomic E-state index is 12.6. The van der Waals surface area contributed by atoms with Crippen molar-refractivity contribution in [3.63, 3.8) is 0 Å². The summed E-state index contributed by atoms with van der Waals surface area (Å²) >= 11 is 23.9. The average molecular weight is 514 g/mol. The Bertz CT molecular complexity index is 1040. The standard InChI is InChI=1S/C22H23Cl3N4O2S/c1-13(2)21(31)29-10-8-28(9-11-29)19-17(25)4-3-5-18(19)26-22(32)27-20(30)15-12-14(23)6-7-16(15)24/h3-7,12-13H,8-11H2,1-2H3,(H2,26,27,30,32). The van der Waals surface area contributed by atoms with E-state index in [9.17, 15) is 9.59 Å². The number of para-hydroxylation sites is 1. The number of piperazine rings is 1. The number of hydrogen-bond acceptors (Lipinski definition) is 4. The lowest BCUT2D eigenvalue weighted by atomic mass is 10.1. The van der Waals surface area contributed by atoms with E-state index in [2.05, 4.69) is 15.5 Å². The van der Waals surface area contributed by atoms with Gasteiger partial charge in [0.2, 0.25) is 5.91 Å². The Morgan fingerprint density at radius 1 is 1.00 bits per heavy atom. The van der Waals surface area contributed by atoms with E-state index in [0.717, 1.165) is 5.69 Å². The van der Waals surface area contributed by atoms with Crippen molar-refractivity contribution in [2.45, 2.75) is 13.8 Å². The van der Waals surface area contributed by atoms with Gasteiger partial charge in [-0.2, -0.15) is 0 Å². The zero-order valence-corrected chi connectivity index (χ0v) is 20.7. The topological polar surface area (TPSA) is 64.7 Å². The van der Waals surface area contributed by atoms with Crippen LogP contribution in [0.15, 0.2) is 36.4 Å². The van der Waals surface area contributed by atoms with Crippen molar-refractivity contribution in [2.75, 3.05) is 36.4 Å². The van der Waals surface area contributed by atoms with Crippen LogP contribution in [0.1, 0.15) is 24.2 Å². The van der Waals surface area contributed by atoms with E-state index in [1.807, 2.05) is 24.8 Å². The quantitative estimate of drug-likeness (QED) is 0.558. The Morgan fingerprint density at radius 2 is 1.69 bits per heavy atom. The van der Waals surface area contributed by atoms with E-state index < -0.39 is 5.91 Å². The van der Waals surface area contributed by atoms with Gasteiger partial charge in [0.1, 0.15) is 0 Å². The second-order valence-electron chi connectivity index (χ2n) is 7.64. The van der Waals surface area contributed by atoms with Crippen LogP contribution < -0.4 is 15.5 Å². The van der Waals surface area contributed by atoms with E-state index in [1.165, 1.54) is 6.07 Å². The Hall–Kier alpha value is -2.06. The molecule has 2 aromatic carbocycles. The molecule has 6 nitrogen and oxygen atoms in total. The van der Waals surface area contributed by atoms with Crippen molar-refractivity contribution in [1.82, 2.24) is 10.2 Å². The van der Waals surface area contributed by atoms with Crippen molar-refractivity contribution >= 4 is 75.3 Å². The number of anilines is 2. The van der Waals surface area contributed by atoms with Gasteiger partial charge in [-0.3, -0.25) is 14.9 Å². The lowest BCUT2D eigenvalue weighted by Gasteiger charge is -2.38. The van der Waals surface area contributed by atoms with Gasteiger partial charge >= 0.3 is 0 Å². The molecule has 0 spiro atoms. The summed E-state index contributed by atoms with van der Waals surface area (Å²) in [5, 5.41) is 6.98. The summed E-state index contributed by atoms with van der Waals surface area (Å²) in [4.78, 5) is 28.8. The molecule has 170 valence electrons. The number of hydrogen-bond donors (Lipinski definition) is 2. The third-order valence-corrected chi connectivity index (χ3v) is 6.11. The number of amides is 2. The molecular formula is C22H23Cl3N4O2S. The summed E-state index contributed by atoms with van der Waals surface area (Å²) in [6, 6.07) is 10.0. The summed E-state index contributed by atoms with van der Waals surface area (Å²) in [7, 11) is 0. The summed E-state index contributed by atoms with van der Waals surface area (Å²) in [6.07, 6.45) is 0. The molecule has 10 heteroatoms. The molecule has 1 saturated heterocycles. The minimum absolute atomic E-state index is 0.0342. The highest BCUT2D eigenvalue weighted by Crippen LogP contribution is 2.34. The molecule has 0 saturated carbocycles. The normalized spacial score (nSPS) is 13.8. The molecular weight excluding hydrogens is 491 g/mol. The highest BCUT2D eigenvalue weighted by atomic mass is 35.5. The SMILES string of the molecule is CC(C)C(=O)N1CCN(c2c(Cl)cccc2NC(=S)NC(=O)c2cc(Cl)ccc2Cl)CC1. The number of thiocarbonyl (C=S) groups is 1. The van der Waals surface area contributed by atoms with E-state index >= 15 is 0 Å². The molecule has 1 aliphatic rings. The zero-order chi connectivity index (χ0) is 23.4. The zero-order valence-electron chi connectivity index (χ0n) is 17.6. The first-order valence-corrected chi connectivity index (χ1v) is 11.6. The number of carbonyl (C=O) groups excluding carboxylic acids is 2. The van der Waals surface area contributed by atoms with Gasteiger partial charge < -0.3 is 15.1 Å². The molecule has 3 rings (SSSR count). The fourth-order valence-corrected chi connectivity index (χ4v) is 4.32. The predicted molar refractivity (Wildman–Crippen MR) is 135 cm³/mol. The maximum absolute atomic E-state index is 12.6. The average Bonchev–Trinajstić information content (AvgIpc) is 2.75. The third kappa shape index (κ3) is 5.84. The van der Waals surface area contributed by atoms with Crippen molar-refractivity contribution < 1.29 is 9.59 Å². The minimum Gasteiger partial charge on any atom is -0.365 e. The Kier molecular flexibility index (Phi) is 8.22. The van der Waals surface area contributed by atoms with E-state index in [-0.39, 0.29) is 27.5 Å². The summed E-state index contributed by atoms with van der Waals surface area (Å²) in [5.74, 6) is -0.363.